The lowest BCUT2D eigenvalue weighted by molar-refractivity contribution is 0.355. The van der Waals surface area contributed by atoms with Gasteiger partial charge in [-0.2, -0.15) is 4.31 Å². The van der Waals surface area contributed by atoms with Crippen LogP contribution >= 0.6 is 11.3 Å². The summed E-state index contributed by atoms with van der Waals surface area (Å²) in [7, 11) is -6.68. The summed E-state index contributed by atoms with van der Waals surface area (Å²) in [5.41, 5.74) is 0. The van der Waals surface area contributed by atoms with Gasteiger partial charge >= 0.3 is 0 Å². The Morgan fingerprint density at radius 2 is 2.05 bits per heavy atom. The van der Waals surface area contributed by atoms with E-state index in [2.05, 4.69) is 0 Å². The van der Waals surface area contributed by atoms with Crippen molar-refractivity contribution >= 4 is 31.2 Å². The van der Waals surface area contributed by atoms with Crippen LogP contribution in [0.2, 0.25) is 0 Å². The predicted molar refractivity (Wildman–Crippen MR) is 80.3 cm³/mol. The summed E-state index contributed by atoms with van der Waals surface area (Å²) in [6, 6.07) is 3.00. The molecule has 0 amide bonds. The first-order valence-corrected chi connectivity index (χ1v) is 10.7. The van der Waals surface area contributed by atoms with Gasteiger partial charge in [-0.1, -0.05) is 13.8 Å². The number of nitrogens with zero attached hydrogens (tertiary/aromatic N) is 1. The summed E-state index contributed by atoms with van der Waals surface area (Å²) < 4.78 is 50.0. The smallest absolute Gasteiger partial charge is 0.229 e. The third kappa shape index (κ3) is 3.08. The Morgan fingerprint density at radius 1 is 1.35 bits per heavy atom. The minimum Gasteiger partial charge on any atom is -0.229 e. The Kier molecular flexibility index (Phi) is 4.58. The molecule has 2 rings (SSSR count). The molecule has 20 heavy (non-hydrogen) atoms. The Bertz CT molecular complexity index is 675. The second-order valence-corrected chi connectivity index (χ2v) is 10.4. The molecule has 0 aromatic carbocycles. The highest BCUT2D eigenvalue weighted by atomic mass is 32.2. The van der Waals surface area contributed by atoms with Crippen LogP contribution in [0.3, 0.4) is 0 Å². The zero-order valence-corrected chi connectivity index (χ0v) is 14.0. The van der Waals surface area contributed by atoms with Gasteiger partial charge in [-0.25, -0.2) is 16.8 Å². The predicted octanol–water partition coefficient (Wildman–Crippen LogP) is 1.51. The molecule has 0 bridgehead atoms. The van der Waals surface area contributed by atoms with E-state index < -0.39 is 25.9 Å². The van der Waals surface area contributed by atoms with Crippen molar-refractivity contribution < 1.29 is 16.8 Å². The lowest BCUT2D eigenvalue weighted by Crippen LogP contribution is -2.40. The molecule has 1 fully saturated rings. The average Bonchev–Trinajstić information content (AvgIpc) is 2.96. The zero-order valence-electron chi connectivity index (χ0n) is 11.6. The first-order chi connectivity index (χ1) is 9.30. The molecule has 114 valence electrons. The Balaban J connectivity index is 2.31. The van der Waals surface area contributed by atoms with Gasteiger partial charge in [0, 0.05) is 17.5 Å². The molecule has 1 aliphatic heterocycles. The van der Waals surface area contributed by atoms with Crippen molar-refractivity contribution in [3.05, 3.63) is 17.0 Å². The molecule has 0 saturated carbocycles. The molecule has 1 aliphatic rings. The molecule has 1 saturated heterocycles. The van der Waals surface area contributed by atoms with Crippen LogP contribution in [0.1, 0.15) is 25.1 Å². The van der Waals surface area contributed by atoms with E-state index in [1.54, 1.807) is 13.0 Å². The Hall–Kier alpha value is -0.440. The standard InChI is InChI=1S/C12H19NO4S3/c1-3-11-5-6-12(18-11)20(16,17)13(4-2)10-7-8-19(14,15)9-10/h5-6,10H,3-4,7-9H2,1-2H3. The van der Waals surface area contributed by atoms with Crippen molar-refractivity contribution in [1.29, 1.82) is 0 Å². The van der Waals surface area contributed by atoms with E-state index in [1.807, 2.05) is 13.0 Å². The largest absolute Gasteiger partial charge is 0.252 e. The van der Waals surface area contributed by atoms with Gasteiger partial charge in [0.25, 0.3) is 10.0 Å². The molecule has 2 heterocycles. The van der Waals surface area contributed by atoms with Crippen LogP contribution in [0.5, 0.6) is 0 Å². The van der Waals surface area contributed by atoms with E-state index in [-0.39, 0.29) is 11.5 Å². The minimum absolute atomic E-state index is 0.0634. The van der Waals surface area contributed by atoms with Gasteiger partial charge in [0.05, 0.1) is 11.5 Å². The summed E-state index contributed by atoms with van der Waals surface area (Å²) in [5.74, 6) is 0.0143. The molecule has 8 heteroatoms. The molecule has 1 aromatic rings. The summed E-state index contributed by atoms with van der Waals surface area (Å²) in [6.07, 6.45) is 1.19. The third-order valence-electron chi connectivity index (χ3n) is 3.48. The van der Waals surface area contributed by atoms with Gasteiger partial charge in [-0.15, -0.1) is 11.3 Å². The van der Waals surface area contributed by atoms with Crippen LogP contribution in [0.25, 0.3) is 0 Å². The van der Waals surface area contributed by atoms with Crippen LogP contribution < -0.4 is 0 Å². The first kappa shape index (κ1) is 15.9. The number of rotatable bonds is 5. The lowest BCUT2D eigenvalue weighted by Gasteiger charge is -2.25. The van der Waals surface area contributed by atoms with E-state index in [4.69, 9.17) is 0 Å². The van der Waals surface area contributed by atoms with Crippen LogP contribution in [-0.4, -0.2) is 45.2 Å². The van der Waals surface area contributed by atoms with E-state index in [9.17, 15) is 16.8 Å². The third-order valence-corrected chi connectivity index (χ3v) is 8.95. The summed E-state index contributed by atoms with van der Waals surface area (Å²) in [5, 5.41) is 0. The molecule has 0 spiro atoms. The van der Waals surface area contributed by atoms with Crippen LogP contribution in [0, 0.1) is 0 Å². The van der Waals surface area contributed by atoms with Crippen LogP contribution in [-0.2, 0) is 26.3 Å². The highest BCUT2D eigenvalue weighted by Gasteiger charge is 2.38. The molecular weight excluding hydrogens is 318 g/mol. The monoisotopic (exact) mass is 337 g/mol. The Labute approximate surface area is 124 Å². The van der Waals surface area contributed by atoms with E-state index in [0.717, 1.165) is 11.3 Å². The van der Waals surface area contributed by atoms with Gasteiger partial charge in [-0.05, 0) is 25.0 Å². The van der Waals surface area contributed by atoms with Crippen molar-refractivity contribution in [2.45, 2.75) is 36.9 Å². The maximum atomic E-state index is 12.6. The number of hydrogen-bond acceptors (Lipinski definition) is 5. The van der Waals surface area contributed by atoms with Gasteiger partial charge in [0.1, 0.15) is 4.21 Å². The fraction of sp³-hybridized carbons (Fsp3) is 0.667. The second-order valence-electron chi connectivity index (χ2n) is 4.84. The molecule has 0 aliphatic carbocycles. The van der Waals surface area contributed by atoms with Crippen molar-refractivity contribution in [2.75, 3.05) is 18.1 Å². The van der Waals surface area contributed by atoms with Gasteiger partial charge < -0.3 is 0 Å². The summed E-state index contributed by atoms with van der Waals surface area (Å²) in [4.78, 5) is 1.01. The normalized spacial score (nSPS) is 22.4. The van der Waals surface area contributed by atoms with Crippen molar-refractivity contribution in [1.82, 2.24) is 4.31 Å². The maximum absolute atomic E-state index is 12.6. The SMILES string of the molecule is CCc1ccc(S(=O)(=O)N(CC)C2CCS(=O)(=O)C2)s1. The Morgan fingerprint density at radius 3 is 2.50 bits per heavy atom. The lowest BCUT2D eigenvalue weighted by atomic mass is 10.3. The number of aryl methyl sites for hydroxylation is 1. The summed E-state index contributed by atoms with van der Waals surface area (Å²) in [6.45, 7) is 4.02. The zero-order chi connectivity index (χ0) is 15.0. The number of sulfonamides is 1. The topological polar surface area (TPSA) is 71.5 Å². The van der Waals surface area contributed by atoms with E-state index >= 15 is 0 Å². The number of hydrogen-bond donors (Lipinski definition) is 0. The molecule has 1 atom stereocenters. The fourth-order valence-corrected chi connectivity index (χ4v) is 7.34. The molecule has 1 aromatic heterocycles. The summed E-state index contributed by atoms with van der Waals surface area (Å²) >= 11 is 1.26. The molecule has 0 N–H and O–H groups in total. The average molecular weight is 337 g/mol. The molecule has 5 nitrogen and oxygen atoms in total. The van der Waals surface area contributed by atoms with Crippen molar-refractivity contribution in [2.24, 2.45) is 0 Å². The van der Waals surface area contributed by atoms with Gasteiger partial charge in [0.2, 0.25) is 0 Å². The quantitative estimate of drug-likeness (QED) is 0.816. The van der Waals surface area contributed by atoms with E-state index in [1.165, 1.54) is 15.6 Å². The highest BCUT2D eigenvalue weighted by Crippen LogP contribution is 2.29. The maximum Gasteiger partial charge on any atom is 0.252 e. The van der Waals surface area contributed by atoms with Crippen molar-refractivity contribution in [3.8, 4) is 0 Å². The minimum atomic E-state index is -3.59. The highest BCUT2D eigenvalue weighted by molar-refractivity contribution is 7.92. The van der Waals surface area contributed by atoms with Gasteiger partial charge in [0.15, 0.2) is 9.84 Å². The van der Waals surface area contributed by atoms with Crippen molar-refractivity contribution in [3.63, 3.8) is 0 Å². The van der Waals surface area contributed by atoms with Crippen LogP contribution in [0.15, 0.2) is 16.3 Å². The second kappa shape index (κ2) is 5.75. The fourth-order valence-electron chi connectivity index (χ4n) is 2.43. The van der Waals surface area contributed by atoms with E-state index in [0.29, 0.717) is 17.2 Å². The number of sulfone groups is 1. The van der Waals surface area contributed by atoms with Crippen LogP contribution in [0.4, 0.5) is 0 Å². The molecule has 0 radical (unpaired) electrons. The number of thiophene rings is 1. The van der Waals surface area contributed by atoms with Gasteiger partial charge in [-0.3, -0.25) is 0 Å². The molecular formula is C12H19NO4S3. The first-order valence-electron chi connectivity index (χ1n) is 6.61. The molecule has 1 unspecified atom stereocenters.